The fourth-order valence-electron chi connectivity index (χ4n) is 1.93. The van der Waals surface area contributed by atoms with Crippen molar-refractivity contribution in [2.45, 2.75) is 31.7 Å². The molecule has 1 amide bonds. The van der Waals surface area contributed by atoms with Crippen LogP contribution < -0.4 is 11.1 Å². The number of amides is 1. The molecule has 0 aliphatic heterocycles. The summed E-state index contributed by atoms with van der Waals surface area (Å²) in [6.07, 6.45) is 3.72. The van der Waals surface area contributed by atoms with E-state index >= 15 is 0 Å². The number of rotatable bonds is 3. The predicted molar refractivity (Wildman–Crippen MR) is 58.5 cm³/mol. The lowest BCUT2D eigenvalue weighted by molar-refractivity contribution is -0.122. The van der Waals surface area contributed by atoms with E-state index in [9.17, 15) is 4.79 Å². The van der Waals surface area contributed by atoms with Gasteiger partial charge in [0.25, 0.3) is 0 Å². The van der Waals surface area contributed by atoms with Crippen LogP contribution >= 0.6 is 11.3 Å². The van der Waals surface area contributed by atoms with E-state index in [1.54, 1.807) is 5.51 Å². The van der Waals surface area contributed by atoms with Gasteiger partial charge < -0.3 is 11.1 Å². The lowest BCUT2D eigenvalue weighted by atomic mass is 9.86. The third-order valence-electron chi connectivity index (χ3n) is 2.82. The molecule has 5 nitrogen and oxygen atoms in total. The number of nitrogens with zero attached hydrogens (tertiary/aromatic N) is 2. The zero-order valence-corrected chi connectivity index (χ0v) is 9.17. The Labute approximate surface area is 92.1 Å². The normalized spacial score (nSPS) is 26.1. The first kappa shape index (κ1) is 10.4. The van der Waals surface area contributed by atoms with Gasteiger partial charge in [0.05, 0.1) is 0 Å². The highest BCUT2D eigenvalue weighted by Gasteiger charge is 2.24. The van der Waals surface area contributed by atoms with Gasteiger partial charge in [-0.25, -0.2) is 0 Å². The Morgan fingerprint density at radius 3 is 2.73 bits per heavy atom. The Kier molecular flexibility index (Phi) is 3.15. The van der Waals surface area contributed by atoms with E-state index in [-0.39, 0.29) is 11.8 Å². The molecule has 0 aromatic carbocycles. The molecule has 1 fully saturated rings. The van der Waals surface area contributed by atoms with Gasteiger partial charge in [-0.1, -0.05) is 11.3 Å². The van der Waals surface area contributed by atoms with Crippen LogP contribution in [0.5, 0.6) is 0 Å². The van der Waals surface area contributed by atoms with E-state index in [1.807, 2.05) is 0 Å². The Hall–Kier alpha value is -1.17. The Balaban J connectivity index is 1.81. The summed E-state index contributed by atoms with van der Waals surface area (Å²) in [6.45, 7) is 0. The predicted octanol–water partition coefficient (Wildman–Crippen LogP) is 0.994. The van der Waals surface area contributed by atoms with Crippen LogP contribution in [0.1, 0.15) is 25.7 Å². The number of hydrogen-bond donors (Lipinski definition) is 2. The fourth-order valence-corrected chi connectivity index (χ4v) is 2.46. The molecule has 0 bridgehead atoms. The smallest absolute Gasteiger partial charge is 0.220 e. The lowest BCUT2D eigenvalue weighted by Crippen LogP contribution is -2.32. The van der Waals surface area contributed by atoms with E-state index in [2.05, 4.69) is 15.5 Å². The number of primary amides is 1. The summed E-state index contributed by atoms with van der Waals surface area (Å²) in [5.41, 5.74) is 6.97. The van der Waals surface area contributed by atoms with Gasteiger partial charge >= 0.3 is 0 Å². The summed E-state index contributed by atoms with van der Waals surface area (Å²) in [7, 11) is 0. The highest BCUT2D eigenvalue weighted by molar-refractivity contribution is 7.13. The molecule has 0 unspecified atom stereocenters. The molecule has 1 aromatic heterocycles. The molecule has 6 heteroatoms. The standard InChI is InChI=1S/C9H14N4OS/c10-8(14)6-1-3-7(4-2-6)12-9-13-11-5-15-9/h5-7H,1-4H2,(H2,10,14)(H,12,13). The zero-order chi connectivity index (χ0) is 10.7. The number of nitrogens with one attached hydrogen (secondary N) is 1. The lowest BCUT2D eigenvalue weighted by Gasteiger charge is -2.26. The minimum atomic E-state index is -0.163. The summed E-state index contributed by atoms with van der Waals surface area (Å²) in [5.74, 6) is -0.0955. The topological polar surface area (TPSA) is 80.9 Å². The number of hydrogen-bond acceptors (Lipinski definition) is 5. The van der Waals surface area contributed by atoms with Crippen molar-refractivity contribution in [2.24, 2.45) is 11.7 Å². The first-order valence-electron chi connectivity index (χ1n) is 5.07. The quantitative estimate of drug-likeness (QED) is 0.805. The van der Waals surface area contributed by atoms with Gasteiger partial charge in [0.2, 0.25) is 11.0 Å². The molecule has 1 aliphatic rings. The third-order valence-corrected chi connectivity index (χ3v) is 3.44. The number of anilines is 1. The first-order chi connectivity index (χ1) is 7.25. The molecule has 1 heterocycles. The van der Waals surface area contributed by atoms with Crippen LogP contribution in [0.15, 0.2) is 5.51 Å². The van der Waals surface area contributed by atoms with Gasteiger partial charge in [-0.2, -0.15) is 0 Å². The fraction of sp³-hybridized carbons (Fsp3) is 0.667. The van der Waals surface area contributed by atoms with Crippen molar-refractivity contribution in [3.63, 3.8) is 0 Å². The van der Waals surface area contributed by atoms with Gasteiger partial charge in [-0.3, -0.25) is 4.79 Å². The second kappa shape index (κ2) is 4.57. The largest absolute Gasteiger partial charge is 0.369 e. The molecule has 0 atom stereocenters. The van der Waals surface area contributed by atoms with Crippen LogP contribution in [0.4, 0.5) is 5.13 Å². The highest BCUT2D eigenvalue weighted by atomic mass is 32.1. The summed E-state index contributed by atoms with van der Waals surface area (Å²) < 4.78 is 0. The molecule has 2 rings (SSSR count). The second-order valence-corrected chi connectivity index (χ2v) is 4.67. The Bertz CT molecular complexity index is 319. The third kappa shape index (κ3) is 2.65. The summed E-state index contributed by atoms with van der Waals surface area (Å²) in [5, 5.41) is 11.9. The van der Waals surface area contributed by atoms with Crippen molar-refractivity contribution in [1.29, 1.82) is 0 Å². The molecule has 82 valence electrons. The Morgan fingerprint density at radius 2 is 2.20 bits per heavy atom. The summed E-state index contributed by atoms with van der Waals surface area (Å²) in [4.78, 5) is 11.0. The van der Waals surface area contributed by atoms with Crippen LogP contribution in [-0.4, -0.2) is 22.1 Å². The van der Waals surface area contributed by atoms with Crippen molar-refractivity contribution >= 4 is 22.4 Å². The van der Waals surface area contributed by atoms with Crippen molar-refractivity contribution in [2.75, 3.05) is 5.32 Å². The van der Waals surface area contributed by atoms with E-state index in [1.165, 1.54) is 11.3 Å². The van der Waals surface area contributed by atoms with Crippen molar-refractivity contribution in [3.8, 4) is 0 Å². The second-order valence-electron chi connectivity index (χ2n) is 3.84. The number of nitrogens with two attached hydrogens (primary N) is 1. The molecular weight excluding hydrogens is 212 g/mol. The van der Waals surface area contributed by atoms with Gasteiger partial charge in [0, 0.05) is 12.0 Å². The maximum Gasteiger partial charge on any atom is 0.220 e. The summed E-state index contributed by atoms with van der Waals surface area (Å²) in [6, 6.07) is 0.411. The molecular formula is C9H14N4OS. The SMILES string of the molecule is NC(=O)C1CCC(Nc2nncs2)CC1. The maximum absolute atomic E-state index is 11.0. The van der Waals surface area contributed by atoms with Crippen molar-refractivity contribution in [1.82, 2.24) is 10.2 Å². The zero-order valence-electron chi connectivity index (χ0n) is 8.35. The molecule has 3 N–H and O–H groups in total. The van der Waals surface area contributed by atoms with Crippen LogP contribution in [0.3, 0.4) is 0 Å². The molecule has 0 saturated heterocycles. The monoisotopic (exact) mass is 226 g/mol. The van der Waals surface area contributed by atoms with E-state index < -0.39 is 0 Å². The molecule has 0 spiro atoms. The van der Waals surface area contributed by atoms with Crippen molar-refractivity contribution in [3.05, 3.63) is 5.51 Å². The van der Waals surface area contributed by atoms with Crippen LogP contribution in [0.25, 0.3) is 0 Å². The molecule has 1 aliphatic carbocycles. The van der Waals surface area contributed by atoms with Crippen LogP contribution in [-0.2, 0) is 4.79 Å². The average Bonchev–Trinajstić information content (AvgIpc) is 2.71. The maximum atomic E-state index is 11.0. The number of carbonyl (C=O) groups excluding carboxylic acids is 1. The molecule has 0 radical (unpaired) electrons. The average molecular weight is 226 g/mol. The van der Waals surface area contributed by atoms with E-state index in [4.69, 9.17) is 5.73 Å². The first-order valence-corrected chi connectivity index (χ1v) is 5.95. The molecule has 1 saturated carbocycles. The summed E-state index contributed by atoms with van der Waals surface area (Å²) >= 11 is 1.50. The van der Waals surface area contributed by atoms with Gasteiger partial charge in [-0.15, -0.1) is 10.2 Å². The minimum absolute atomic E-state index is 0.0671. The molecule has 1 aromatic rings. The molecule has 15 heavy (non-hydrogen) atoms. The number of carbonyl (C=O) groups is 1. The van der Waals surface area contributed by atoms with Crippen LogP contribution in [0, 0.1) is 5.92 Å². The minimum Gasteiger partial charge on any atom is -0.369 e. The highest BCUT2D eigenvalue weighted by Crippen LogP contribution is 2.26. The van der Waals surface area contributed by atoms with Crippen molar-refractivity contribution < 1.29 is 4.79 Å². The van der Waals surface area contributed by atoms with E-state index in [0.717, 1.165) is 30.8 Å². The van der Waals surface area contributed by atoms with Crippen LogP contribution in [0.2, 0.25) is 0 Å². The number of aromatic nitrogens is 2. The van der Waals surface area contributed by atoms with Gasteiger partial charge in [0.15, 0.2) is 0 Å². The van der Waals surface area contributed by atoms with E-state index in [0.29, 0.717) is 6.04 Å². The Morgan fingerprint density at radius 1 is 1.47 bits per heavy atom. The van der Waals surface area contributed by atoms with Gasteiger partial charge in [0.1, 0.15) is 5.51 Å². The van der Waals surface area contributed by atoms with Gasteiger partial charge in [-0.05, 0) is 25.7 Å².